The highest BCUT2D eigenvalue weighted by atomic mass is 35.5. The highest BCUT2D eigenvalue weighted by Gasteiger charge is 2.40. The molecule has 2 atom stereocenters. The third-order valence-electron chi connectivity index (χ3n) is 3.30. The van der Waals surface area contributed by atoms with Crippen LogP contribution in [0.5, 0.6) is 0 Å². The molecule has 1 fully saturated rings. The summed E-state index contributed by atoms with van der Waals surface area (Å²) in [5, 5.41) is 11.4. The lowest BCUT2D eigenvalue weighted by molar-refractivity contribution is -0.142. The zero-order valence-electron chi connectivity index (χ0n) is 11.0. The van der Waals surface area contributed by atoms with Crippen LogP contribution in [0.15, 0.2) is 11.4 Å². The van der Waals surface area contributed by atoms with E-state index in [0.717, 1.165) is 6.42 Å². The second-order valence-corrected chi connectivity index (χ2v) is 5.97. The van der Waals surface area contributed by atoms with Crippen molar-refractivity contribution in [1.82, 2.24) is 4.90 Å². The summed E-state index contributed by atoms with van der Waals surface area (Å²) in [6.07, 6.45) is 0.748. The van der Waals surface area contributed by atoms with Crippen LogP contribution in [-0.2, 0) is 9.53 Å². The van der Waals surface area contributed by atoms with Crippen molar-refractivity contribution in [2.75, 3.05) is 19.8 Å². The Labute approximate surface area is 126 Å². The van der Waals surface area contributed by atoms with E-state index in [-0.39, 0.29) is 19.1 Å². The van der Waals surface area contributed by atoms with Crippen LogP contribution in [0.25, 0.3) is 0 Å². The number of carbonyl (C=O) groups excluding carboxylic acids is 1. The van der Waals surface area contributed by atoms with Crippen LogP contribution in [0, 0.1) is 5.92 Å². The molecule has 0 radical (unpaired) electrons. The number of carbonyl (C=O) groups is 2. The number of hydrogen-bond acceptors (Lipinski definition) is 4. The largest absolute Gasteiger partial charge is 0.481 e. The summed E-state index contributed by atoms with van der Waals surface area (Å²) >= 11 is 7.27. The fraction of sp³-hybridized carbons (Fsp3) is 0.538. The molecule has 0 spiro atoms. The topological polar surface area (TPSA) is 66.8 Å². The number of carboxylic acid groups (broad SMARTS) is 1. The van der Waals surface area contributed by atoms with E-state index in [0.29, 0.717) is 16.4 Å². The van der Waals surface area contributed by atoms with E-state index >= 15 is 0 Å². The predicted molar refractivity (Wildman–Crippen MR) is 76.4 cm³/mol. The third-order valence-corrected chi connectivity index (χ3v) is 4.63. The third kappa shape index (κ3) is 2.97. The molecule has 110 valence electrons. The van der Waals surface area contributed by atoms with Crippen molar-refractivity contribution in [3.63, 3.8) is 0 Å². The lowest BCUT2D eigenvalue weighted by Crippen LogP contribution is -2.46. The van der Waals surface area contributed by atoms with Gasteiger partial charge in [-0.25, -0.2) is 0 Å². The second-order valence-electron chi connectivity index (χ2n) is 4.65. The molecule has 0 bridgehead atoms. The van der Waals surface area contributed by atoms with Crippen molar-refractivity contribution in [2.45, 2.75) is 19.4 Å². The van der Waals surface area contributed by atoms with Gasteiger partial charge in [-0.15, -0.1) is 11.3 Å². The molecule has 1 N–H and O–H groups in total. The van der Waals surface area contributed by atoms with Crippen LogP contribution in [0.4, 0.5) is 0 Å². The number of aliphatic carboxylic acids is 1. The van der Waals surface area contributed by atoms with Gasteiger partial charge in [0.2, 0.25) is 0 Å². The Bertz CT molecular complexity index is 504. The molecule has 7 heteroatoms. The van der Waals surface area contributed by atoms with E-state index < -0.39 is 17.9 Å². The molecule has 20 heavy (non-hydrogen) atoms. The number of hydrogen-bond donors (Lipinski definition) is 1. The maximum atomic E-state index is 12.6. The highest BCUT2D eigenvalue weighted by molar-refractivity contribution is 7.12. The fourth-order valence-corrected chi connectivity index (χ4v) is 3.41. The molecule has 1 aliphatic heterocycles. The minimum atomic E-state index is -0.932. The quantitative estimate of drug-likeness (QED) is 0.905. The molecule has 1 aromatic heterocycles. The van der Waals surface area contributed by atoms with Gasteiger partial charge in [0.25, 0.3) is 5.91 Å². The van der Waals surface area contributed by atoms with Crippen LogP contribution in [0.3, 0.4) is 0 Å². The van der Waals surface area contributed by atoms with Gasteiger partial charge >= 0.3 is 5.97 Å². The second kappa shape index (κ2) is 6.56. The number of amides is 1. The molecule has 0 aliphatic carbocycles. The maximum Gasteiger partial charge on any atom is 0.311 e. The van der Waals surface area contributed by atoms with Gasteiger partial charge in [-0.05, 0) is 17.9 Å². The van der Waals surface area contributed by atoms with Gasteiger partial charge in [-0.2, -0.15) is 0 Å². The van der Waals surface area contributed by atoms with Crippen molar-refractivity contribution >= 4 is 34.8 Å². The van der Waals surface area contributed by atoms with Crippen LogP contribution >= 0.6 is 22.9 Å². The SMILES string of the molecule is CCCN(C(=O)c1sccc1Cl)C1COCC1C(=O)O. The average Bonchev–Trinajstić information content (AvgIpc) is 3.03. The molecule has 2 unspecified atom stereocenters. The van der Waals surface area contributed by atoms with Crippen molar-refractivity contribution in [2.24, 2.45) is 5.92 Å². The molecule has 2 rings (SSSR count). The van der Waals surface area contributed by atoms with Gasteiger partial charge in [0.15, 0.2) is 0 Å². The van der Waals surface area contributed by atoms with E-state index in [1.54, 1.807) is 16.3 Å². The van der Waals surface area contributed by atoms with E-state index in [2.05, 4.69) is 0 Å². The van der Waals surface area contributed by atoms with Crippen molar-refractivity contribution < 1.29 is 19.4 Å². The lowest BCUT2D eigenvalue weighted by Gasteiger charge is -2.30. The van der Waals surface area contributed by atoms with E-state index in [4.69, 9.17) is 16.3 Å². The number of halogens is 1. The Balaban J connectivity index is 2.24. The number of thiophene rings is 1. The maximum absolute atomic E-state index is 12.6. The van der Waals surface area contributed by atoms with Gasteiger partial charge in [-0.1, -0.05) is 18.5 Å². The minimum absolute atomic E-state index is 0.145. The summed E-state index contributed by atoms with van der Waals surface area (Å²) in [4.78, 5) is 25.9. The Morgan fingerprint density at radius 2 is 2.30 bits per heavy atom. The van der Waals surface area contributed by atoms with Crippen LogP contribution in [0.2, 0.25) is 5.02 Å². The van der Waals surface area contributed by atoms with Crippen molar-refractivity contribution in [3.8, 4) is 0 Å². The molecule has 1 aromatic rings. The molecule has 2 heterocycles. The first kappa shape index (κ1) is 15.3. The van der Waals surface area contributed by atoms with Crippen LogP contribution < -0.4 is 0 Å². The first-order chi connectivity index (χ1) is 9.56. The normalized spacial score (nSPS) is 21.9. The number of nitrogens with zero attached hydrogens (tertiary/aromatic N) is 1. The average molecular weight is 318 g/mol. The van der Waals surface area contributed by atoms with Gasteiger partial charge in [0.1, 0.15) is 10.8 Å². The molecule has 0 aromatic carbocycles. The molecule has 0 saturated carbocycles. The van der Waals surface area contributed by atoms with Crippen molar-refractivity contribution in [3.05, 3.63) is 21.3 Å². The van der Waals surface area contributed by atoms with E-state index in [1.165, 1.54) is 11.3 Å². The Kier molecular flexibility index (Phi) is 5.01. The zero-order valence-corrected chi connectivity index (χ0v) is 12.6. The Hall–Kier alpha value is -1.11. The summed E-state index contributed by atoms with van der Waals surface area (Å²) < 4.78 is 5.25. The van der Waals surface area contributed by atoms with Crippen LogP contribution in [0.1, 0.15) is 23.0 Å². The molecule has 1 amide bonds. The first-order valence-electron chi connectivity index (χ1n) is 6.40. The van der Waals surface area contributed by atoms with Gasteiger partial charge in [0.05, 0.1) is 24.3 Å². The molecule has 1 saturated heterocycles. The number of rotatable bonds is 5. The van der Waals surface area contributed by atoms with Crippen LogP contribution in [-0.4, -0.2) is 47.7 Å². The molecule has 1 aliphatic rings. The Morgan fingerprint density at radius 3 is 2.85 bits per heavy atom. The minimum Gasteiger partial charge on any atom is -0.481 e. The van der Waals surface area contributed by atoms with Gasteiger partial charge < -0.3 is 14.7 Å². The van der Waals surface area contributed by atoms with Gasteiger partial charge in [-0.3, -0.25) is 9.59 Å². The molecule has 5 nitrogen and oxygen atoms in total. The summed E-state index contributed by atoms with van der Waals surface area (Å²) in [5.74, 6) is -1.82. The lowest BCUT2D eigenvalue weighted by atomic mass is 10.0. The van der Waals surface area contributed by atoms with E-state index in [9.17, 15) is 14.7 Å². The standard InChI is InChI=1S/C13H16ClNO4S/c1-2-4-15(10-7-19-6-8(10)13(17)18)12(16)11-9(14)3-5-20-11/h3,5,8,10H,2,4,6-7H2,1H3,(H,17,18). The molecular formula is C13H16ClNO4S. The predicted octanol–water partition coefficient (Wildman–Crippen LogP) is 2.35. The summed E-state index contributed by atoms with van der Waals surface area (Å²) in [6, 6.07) is 1.24. The fourth-order valence-electron chi connectivity index (χ4n) is 2.32. The smallest absolute Gasteiger partial charge is 0.311 e. The first-order valence-corrected chi connectivity index (χ1v) is 7.66. The summed E-state index contributed by atoms with van der Waals surface area (Å²) in [7, 11) is 0. The number of carboxylic acids is 1. The summed E-state index contributed by atoms with van der Waals surface area (Å²) in [5.41, 5.74) is 0. The van der Waals surface area contributed by atoms with Gasteiger partial charge in [0, 0.05) is 6.54 Å². The van der Waals surface area contributed by atoms with Crippen molar-refractivity contribution in [1.29, 1.82) is 0 Å². The highest BCUT2D eigenvalue weighted by Crippen LogP contribution is 2.28. The zero-order chi connectivity index (χ0) is 14.7. The molecular weight excluding hydrogens is 302 g/mol. The number of ether oxygens (including phenoxy) is 1. The van der Waals surface area contributed by atoms with E-state index in [1.807, 2.05) is 6.92 Å². The monoisotopic (exact) mass is 317 g/mol. The summed E-state index contributed by atoms with van der Waals surface area (Å²) in [6.45, 7) is 2.84. The Morgan fingerprint density at radius 1 is 1.55 bits per heavy atom.